The molecule has 1 heterocycles. The van der Waals surface area contributed by atoms with Crippen LogP contribution in [0, 0.1) is 6.92 Å². The Morgan fingerprint density at radius 2 is 2.05 bits per heavy atom. The van der Waals surface area contributed by atoms with E-state index in [1.807, 2.05) is 6.92 Å². The molecule has 0 saturated heterocycles. The smallest absolute Gasteiger partial charge is 0.229 e. The van der Waals surface area contributed by atoms with Crippen molar-refractivity contribution in [2.45, 2.75) is 52.0 Å². The van der Waals surface area contributed by atoms with Gasteiger partial charge < -0.3 is 9.73 Å². The van der Waals surface area contributed by atoms with Crippen LogP contribution in [-0.2, 0) is 24.1 Å². The van der Waals surface area contributed by atoms with E-state index in [0.717, 1.165) is 12.0 Å². The second-order valence-electron chi connectivity index (χ2n) is 5.92. The van der Waals surface area contributed by atoms with Gasteiger partial charge in [-0.25, -0.2) is 0 Å². The van der Waals surface area contributed by atoms with Crippen molar-refractivity contribution < 1.29 is 9.21 Å². The van der Waals surface area contributed by atoms with Crippen LogP contribution in [0.5, 0.6) is 0 Å². The van der Waals surface area contributed by atoms with Gasteiger partial charge in [0.25, 0.3) is 0 Å². The Morgan fingerprint density at radius 3 is 2.77 bits per heavy atom. The molecule has 1 unspecified atom stereocenters. The molecule has 1 aliphatic rings. The summed E-state index contributed by atoms with van der Waals surface area (Å²) < 4.78 is 5.23. The quantitative estimate of drug-likeness (QED) is 0.942. The minimum atomic E-state index is -0.103. The molecule has 1 aromatic carbocycles. The zero-order valence-electron chi connectivity index (χ0n) is 13.1. The summed E-state index contributed by atoms with van der Waals surface area (Å²) >= 11 is 0. The number of rotatable bonds is 4. The van der Waals surface area contributed by atoms with Crippen LogP contribution >= 0.6 is 0 Å². The lowest BCUT2D eigenvalue weighted by Crippen LogP contribution is -2.28. The van der Waals surface area contributed by atoms with Gasteiger partial charge in [-0.1, -0.05) is 18.2 Å². The predicted molar refractivity (Wildman–Crippen MR) is 82.4 cm³/mol. The largest absolute Gasteiger partial charge is 0.425 e. The molecule has 3 rings (SSSR count). The lowest BCUT2D eigenvalue weighted by Gasteiger charge is -2.20. The molecule has 0 radical (unpaired) electrons. The van der Waals surface area contributed by atoms with E-state index >= 15 is 0 Å². The molecule has 1 amide bonds. The number of carbonyl (C=O) groups is 1. The second kappa shape index (κ2) is 6.30. The van der Waals surface area contributed by atoms with Crippen molar-refractivity contribution >= 4 is 5.91 Å². The molecule has 0 bridgehead atoms. The molecule has 2 aromatic rings. The Kier molecular flexibility index (Phi) is 4.22. The minimum absolute atomic E-state index is 0.0243. The Bertz CT molecular complexity index is 678. The number of hydrogen-bond acceptors (Lipinski definition) is 4. The van der Waals surface area contributed by atoms with Crippen LogP contribution in [0.15, 0.2) is 22.6 Å². The van der Waals surface area contributed by atoms with Crippen LogP contribution in [0.2, 0.25) is 0 Å². The van der Waals surface area contributed by atoms with Gasteiger partial charge in [-0.15, -0.1) is 10.2 Å². The van der Waals surface area contributed by atoms with Gasteiger partial charge in [-0.2, -0.15) is 0 Å². The first-order chi connectivity index (χ1) is 10.6. The van der Waals surface area contributed by atoms with E-state index in [9.17, 15) is 4.79 Å². The predicted octanol–water partition coefficient (Wildman–Crippen LogP) is 2.68. The minimum Gasteiger partial charge on any atom is -0.425 e. The summed E-state index contributed by atoms with van der Waals surface area (Å²) in [4.78, 5) is 12.1. The fourth-order valence-electron chi connectivity index (χ4n) is 2.94. The number of nitrogens with one attached hydrogen (secondary N) is 1. The lowest BCUT2D eigenvalue weighted by atomic mass is 9.89. The van der Waals surface area contributed by atoms with Crippen LogP contribution in [0.25, 0.3) is 0 Å². The number of benzene rings is 1. The van der Waals surface area contributed by atoms with E-state index in [4.69, 9.17) is 4.42 Å². The van der Waals surface area contributed by atoms with Crippen LogP contribution < -0.4 is 5.32 Å². The number of nitrogens with zero attached hydrogens (tertiary/aromatic N) is 2. The molecule has 0 saturated carbocycles. The summed E-state index contributed by atoms with van der Waals surface area (Å²) in [6, 6.07) is 6.53. The maximum Gasteiger partial charge on any atom is 0.229 e. The van der Waals surface area contributed by atoms with Gasteiger partial charge in [0.15, 0.2) is 0 Å². The third-order valence-corrected chi connectivity index (χ3v) is 4.13. The molecule has 5 nitrogen and oxygen atoms in total. The van der Waals surface area contributed by atoms with Gasteiger partial charge >= 0.3 is 0 Å². The van der Waals surface area contributed by atoms with Gasteiger partial charge in [0.05, 0.1) is 6.04 Å². The number of amides is 1. The summed E-state index contributed by atoms with van der Waals surface area (Å²) in [6.07, 6.45) is 4.98. The molecule has 1 aromatic heterocycles. The molecular formula is C17H21N3O2. The van der Waals surface area contributed by atoms with Crippen molar-refractivity contribution in [2.75, 3.05) is 0 Å². The molecule has 0 fully saturated rings. The van der Waals surface area contributed by atoms with Crippen LogP contribution in [-0.4, -0.2) is 16.1 Å². The summed E-state index contributed by atoms with van der Waals surface area (Å²) in [5.41, 5.74) is 4.03. The Hall–Kier alpha value is -2.17. The van der Waals surface area contributed by atoms with Gasteiger partial charge in [0.2, 0.25) is 17.7 Å². The highest BCUT2D eigenvalue weighted by Crippen LogP contribution is 2.24. The van der Waals surface area contributed by atoms with Crippen molar-refractivity contribution in [1.29, 1.82) is 0 Å². The standard InChI is InChI=1S/C17H21N3O2/c1-11(18-16(21)10-17-20-19-12(2)22-17)14-8-7-13-5-3-4-6-15(13)9-14/h7-9,11H,3-6,10H2,1-2H3,(H,18,21). The highest BCUT2D eigenvalue weighted by atomic mass is 16.4. The Morgan fingerprint density at radius 1 is 1.27 bits per heavy atom. The molecule has 1 aliphatic carbocycles. The van der Waals surface area contributed by atoms with Gasteiger partial charge in [-0.05, 0) is 49.3 Å². The number of hydrogen-bond donors (Lipinski definition) is 1. The van der Waals surface area contributed by atoms with E-state index in [2.05, 4.69) is 33.7 Å². The molecule has 1 atom stereocenters. The zero-order valence-corrected chi connectivity index (χ0v) is 13.1. The number of fused-ring (bicyclic) bond motifs is 1. The van der Waals surface area contributed by atoms with E-state index < -0.39 is 0 Å². The number of aryl methyl sites for hydroxylation is 3. The van der Waals surface area contributed by atoms with Gasteiger partial charge in [0.1, 0.15) is 6.42 Å². The first-order valence-corrected chi connectivity index (χ1v) is 7.82. The number of carbonyl (C=O) groups excluding carboxylic acids is 1. The molecule has 5 heteroatoms. The maximum absolute atomic E-state index is 12.1. The van der Waals surface area contributed by atoms with Crippen molar-refractivity contribution in [3.8, 4) is 0 Å². The van der Waals surface area contributed by atoms with Crippen molar-refractivity contribution in [2.24, 2.45) is 0 Å². The average Bonchev–Trinajstić information content (AvgIpc) is 2.91. The summed E-state index contributed by atoms with van der Waals surface area (Å²) in [5.74, 6) is 0.729. The van der Waals surface area contributed by atoms with Crippen molar-refractivity contribution in [3.63, 3.8) is 0 Å². The fraction of sp³-hybridized carbons (Fsp3) is 0.471. The lowest BCUT2D eigenvalue weighted by molar-refractivity contribution is -0.121. The molecular weight excluding hydrogens is 278 g/mol. The van der Waals surface area contributed by atoms with Crippen LogP contribution in [0.4, 0.5) is 0 Å². The normalized spacial score (nSPS) is 15.2. The topological polar surface area (TPSA) is 68.0 Å². The van der Waals surface area contributed by atoms with Crippen molar-refractivity contribution in [3.05, 3.63) is 46.7 Å². The average molecular weight is 299 g/mol. The molecule has 22 heavy (non-hydrogen) atoms. The first kappa shape index (κ1) is 14.8. The fourth-order valence-corrected chi connectivity index (χ4v) is 2.94. The van der Waals surface area contributed by atoms with Crippen molar-refractivity contribution in [1.82, 2.24) is 15.5 Å². The highest BCUT2D eigenvalue weighted by molar-refractivity contribution is 5.78. The molecule has 1 N–H and O–H groups in total. The SMILES string of the molecule is Cc1nnc(CC(=O)NC(C)c2ccc3c(c2)CCCC3)o1. The third-order valence-electron chi connectivity index (χ3n) is 4.13. The summed E-state index contributed by atoms with van der Waals surface area (Å²) in [6.45, 7) is 3.71. The summed E-state index contributed by atoms with van der Waals surface area (Å²) in [7, 11) is 0. The Balaban J connectivity index is 1.63. The van der Waals surface area contributed by atoms with Gasteiger partial charge in [0, 0.05) is 6.92 Å². The molecule has 116 valence electrons. The summed E-state index contributed by atoms with van der Waals surface area (Å²) in [5, 5.41) is 10.6. The van der Waals surface area contributed by atoms with E-state index in [1.165, 1.54) is 30.4 Å². The van der Waals surface area contributed by atoms with E-state index in [-0.39, 0.29) is 18.4 Å². The maximum atomic E-state index is 12.1. The van der Waals surface area contributed by atoms with Gasteiger partial charge in [-0.3, -0.25) is 4.79 Å². The number of aromatic nitrogens is 2. The van der Waals surface area contributed by atoms with Crippen LogP contribution in [0.3, 0.4) is 0 Å². The zero-order chi connectivity index (χ0) is 15.5. The van der Waals surface area contributed by atoms with Crippen LogP contribution in [0.1, 0.15) is 54.3 Å². The highest BCUT2D eigenvalue weighted by Gasteiger charge is 2.15. The van der Waals surface area contributed by atoms with E-state index in [1.54, 1.807) is 6.92 Å². The first-order valence-electron chi connectivity index (χ1n) is 7.82. The third kappa shape index (κ3) is 3.35. The Labute approximate surface area is 130 Å². The monoisotopic (exact) mass is 299 g/mol. The molecule has 0 spiro atoms. The van der Waals surface area contributed by atoms with E-state index in [0.29, 0.717) is 11.8 Å². The second-order valence-corrected chi connectivity index (χ2v) is 5.92. The molecule has 0 aliphatic heterocycles.